The molecule has 2 aromatic carbocycles. The fourth-order valence-corrected chi connectivity index (χ4v) is 3.72. The molecule has 0 aliphatic rings. The van der Waals surface area contributed by atoms with E-state index in [1.165, 1.54) is 4.31 Å². The molecular formula is C21H28N2O3S. The second-order valence-electron chi connectivity index (χ2n) is 7.26. The normalized spacial score (nSPS) is 11.8. The Hall–Kier alpha value is -2.18. The number of amides is 1. The van der Waals surface area contributed by atoms with Crippen molar-refractivity contribution in [2.24, 2.45) is 0 Å². The number of rotatable bonds is 7. The van der Waals surface area contributed by atoms with Gasteiger partial charge in [-0.2, -0.15) is 4.31 Å². The monoisotopic (exact) mass is 388 g/mol. The van der Waals surface area contributed by atoms with Crippen molar-refractivity contribution in [1.29, 1.82) is 0 Å². The van der Waals surface area contributed by atoms with Crippen LogP contribution in [0.2, 0.25) is 0 Å². The number of hydrogen-bond donors (Lipinski definition) is 1. The highest BCUT2D eigenvalue weighted by Crippen LogP contribution is 2.27. The van der Waals surface area contributed by atoms with Gasteiger partial charge in [0, 0.05) is 12.2 Å². The molecule has 0 fully saturated rings. The molecule has 1 amide bonds. The smallest absolute Gasteiger partial charge is 0.239 e. The number of nitrogens with zero attached hydrogens (tertiary/aromatic N) is 1. The standard InChI is InChI=1S/C21H28N2O3S/c1-15(2)19-11-7-9-17(4)21(19)22-20(24)14-23(27(5,25)26)13-18-10-6-8-16(3)12-18/h6-12,15H,13-14H2,1-5H3,(H,22,24). The van der Waals surface area contributed by atoms with Gasteiger partial charge in [0.25, 0.3) is 0 Å². The van der Waals surface area contributed by atoms with Crippen LogP contribution in [0.4, 0.5) is 5.69 Å². The molecule has 0 saturated carbocycles. The van der Waals surface area contributed by atoms with Crippen molar-refractivity contribution in [2.75, 3.05) is 18.1 Å². The van der Waals surface area contributed by atoms with Gasteiger partial charge >= 0.3 is 0 Å². The summed E-state index contributed by atoms with van der Waals surface area (Å²) in [5, 5.41) is 2.91. The molecule has 1 N–H and O–H groups in total. The Morgan fingerprint density at radius 3 is 2.37 bits per heavy atom. The van der Waals surface area contributed by atoms with Crippen LogP contribution in [0.15, 0.2) is 42.5 Å². The Kier molecular flexibility index (Phi) is 6.78. The minimum Gasteiger partial charge on any atom is -0.324 e. The molecule has 0 saturated heterocycles. The fraction of sp³-hybridized carbons (Fsp3) is 0.381. The molecule has 27 heavy (non-hydrogen) atoms. The lowest BCUT2D eigenvalue weighted by Gasteiger charge is -2.21. The predicted octanol–water partition coefficient (Wildman–Crippen LogP) is 3.83. The largest absolute Gasteiger partial charge is 0.324 e. The van der Waals surface area contributed by atoms with E-state index < -0.39 is 10.0 Å². The molecule has 6 heteroatoms. The molecule has 0 heterocycles. The van der Waals surface area contributed by atoms with Gasteiger partial charge in [-0.1, -0.05) is 61.9 Å². The number of hydrogen-bond acceptors (Lipinski definition) is 3. The van der Waals surface area contributed by atoms with E-state index in [0.29, 0.717) is 0 Å². The summed E-state index contributed by atoms with van der Waals surface area (Å²) in [6.07, 6.45) is 1.13. The summed E-state index contributed by atoms with van der Waals surface area (Å²) >= 11 is 0. The zero-order valence-corrected chi connectivity index (χ0v) is 17.4. The zero-order chi connectivity index (χ0) is 20.2. The van der Waals surface area contributed by atoms with Gasteiger partial charge in [-0.3, -0.25) is 4.79 Å². The molecule has 0 unspecified atom stereocenters. The SMILES string of the molecule is Cc1cccc(CN(CC(=O)Nc2c(C)cccc2C(C)C)S(C)(=O)=O)c1. The maximum Gasteiger partial charge on any atom is 0.239 e. The number of carbonyl (C=O) groups is 1. The van der Waals surface area contributed by atoms with Gasteiger partial charge in [0.1, 0.15) is 0 Å². The van der Waals surface area contributed by atoms with E-state index >= 15 is 0 Å². The van der Waals surface area contributed by atoms with Crippen LogP contribution >= 0.6 is 0 Å². The second-order valence-corrected chi connectivity index (χ2v) is 9.24. The zero-order valence-electron chi connectivity index (χ0n) is 16.6. The van der Waals surface area contributed by atoms with Crippen LogP contribution in [0, 0.1) is 13.8 Å². The molecule has 5 nitrogen and oxygen atoms in total. The highest BCUT2D eigenvalue weighted by Gasteiger charge is 2.22. The predicted molar refractivity (Wildman–Crippen MR) is 110 cm³/mol. The van der Waals surface area contributed by atoms with Crippen molar-refractivity contribution in [3.63, 3.8) is 0 Å². The van der Waals surface area contributed by atoms with Crippen LogP contribution in [0.3, 0.4) is 0 Å². The molecule has 0 atom stereocenters. The number of aryl methyl sites for hydroxylation is 2. The van der Waals surface area contributed by atoms with Crippen molar-refractivity contribution in [3.8, 4) is 0 Å². The number of nitrogens with one attached hydrogen (secondary N) is 1. The van der Waals surface area contributed by atoms with E-state index in [1.54, 1.807) is 0 Å². The summed E-state index contributed by atoms with van der Waals surface area (Å²) in [5.74, 6) is -0.0946. The quantitative estimate of drug-likeness (QED) is 0.784. The molecule has 0 bridgehead atoms. The molecule has 0 aliphatic heterocycles. The van der Waals surface area contributed by atoms with Gasteiger partial charge < -0.3 is 5.32 Å². The highest BCUT2D eigenvalue weighted by molar-refractivity contribution is 7.88. The minimum absolute atomic E-state index is 0.165. The van der Waals surface area contributed by atoms with E-state index in [9.17, 15) is 13.2 Å². The molecule has 0 aromatic heterocycles. The van der Waals surface area contributed by atoms with Gasteiger partial charge in [0.05, 0.1) is 12.8 Å². The summed E-state index contributed by atoms with van der Waals surface area (Å²) < 4.78 is 25.6. The number of para-hydroxylation sites is 1. The third-order valence-corrected chi connectivity index (χ3v) is 5.62. The topological polar surface area (TPSA) is 66.5 Å². The van der Waals surface area contributed by atoms with Crippen LogP contribution < -0.4 is 5.32 Å². The first-order valence-electron chi connectivity index (χ1n) is 8.98. The molecule has 2 aromatic rings. The second kappa shape index (κ2) is 8.67. The maximum atomic E-state index is 12.6. The van der Waals surface area contributed by atoms with Crippen LogP contribution in [-0.4, -0.2) is 31.4 Å². The fourth-order valence-electron chi connectivity index (χ4n) is 2.99. The van der Waals surface area contributed by atoms with Crippen molar-refractivity contribution < 1.29 is 13.2 Å². The van der Waals surface area contributed by atoms with Crippen LogP contribution in [0.5, 0.6) is 0 Å². The lowest BCUT2D eigenvalue weighted by molar-refractivity contribution is -0.116. The number of carbonyl (C=O) groups excluding carboxylic acids is 1. The number of sulfonamides is 1. The van der Waals surface area contributed by atoms with Crippen molar-refractivity contribution in [3.05, 3.63) is 64.7 Å². The first-order valence-corrected chi connectivity index (χ1v) is 10.8. The highest BCUT2D eigenvalue weighted by atomic mass is 32.2. The third kappa shape index (κ3) is 5.91. The van der Waals surface area contributed by atoms with E-state index in [0.717, 1.165) is 34.2 Å². The lowest BCUT2D eigenvalue weighted by atomic mass is 9.98. The first kappa shape index (κ1) is 21.1. The molecular weight excluding hydrogens is 360 g/mol. The van der Waals surface area contributed by atoms with E-state index in [4.69, 9.17) is 0 Å². The third-order valence-electron chi connectivity index (χ3n) is 4.42. The lowest BCUT2D eigenvalue weighted by Crippen LogP contribution is -2.37. The Morgan fingerprint density at radius 2 is 1.78 bits per heavy atom. The summed E-state index contributed by atoms with van der Waals surface area (Å²) in [7, 11) is -3.53. The summed E-state index contributed by atoms with van der Waals surface area (Å²) in [6, 6.07) is 13.5. The van der Waals surface area contributed by atoms with Gasteiger partial charge in [-0.15, -0.1) is 0 Å². The van der Waals surface area contributed by atoms with Gasteiger partial charge in [-0.25, -0.2) is 8.42 Å². The molecule has 0 aliphatic carbocycles. The molecule has 146 valence electrons. The Morgan fingerprint density at radius 1 is 1.11 bits per heavy atom. The van der Waals surface area contributed by atoms with Crippen LogP contribution in [-0.2, 0) is 21.4 Å². The Labute approximate surface area is 162 Å². The average molecular weight is 389 g/mol. The van der Waals surface area contributed by atoms with Gasteiger partial charge in [-0.05, 0) is 36.5 Å². The maximum absolute atomic E-state index is 12.6. The minimum atomic E-state index is -3.53. The summed E-state index contributed by atoms with van der Waals surface area (Å²) in [4.78, 5) is 12.6. The van der Waals surface area contributed by atoms with Crippen LogP contribution in [0.1, 0.15) is 42.0 Å². The van der Waals surface area contributed by atoms with Crippen molar-refractivity contribution >= 4 is 21.6 Å². The first-order chi connectivity index (χ1) is 12.6. The molecule has 0 spiro atoms. The Balaban J connectivity index is 2.20. The van der Waals surface area contributed by atoms with Gasteiger partial charge in [0.15, 0.2) is 0 Å². The Bertz CT molecular complexity index is 921. The van der Waals surface area contributed by atoms with Gasteiger partial charge in [0.2, 0.25) is 15.9 Å². The van der Waals surface area contributed by atoms with E-state index in [2.05, 4.69) is 19.2 Å². The molecule has 2 rings (SSSR count). The van der Waals surface area contributed by atoms with Crippen molar-refractivity contribution in [1.82, 2.24) is 4.31 Å². The van der Waals surface area contributed by atoms with Crippen molar-refractivity contribution in [2.45, 2.75) is 40.2 Å². The average Bonchev–Trinajstić information content (AvgIpc) is 2.55. The van der Waals surface area contributed by atoms with E-state index in [1.807, 2.05) is 56.3 Å². The molecule has 0 radical (unpaired) electrons. The number of benzene rings is 2. The van der Waals surface area contributed by atoms with E-state index in [-0.39, 0.29) is 24.9 Å². The van der Waals surface area contributed by atoms with Crippen LogP contribution in [0.25, 0.3) is 0 Å². The summed E-state index contributed by atoms with van der Waals surface area (Å²) in [6.45, 7) is 7.95. The summed E-state index contributed by atoms with van der Waals surface area (Å²) in [5.41, 5.74) is 4.66. The number of anilines is 1.